The third kappa shape index (κ3) is 5.05. The van der Waals surface area contributed by atoms with Gasteiger partial charge in [-0.3, -0.25) is 0 Å². The Morgan fingerprint density at radius 2 is 2.27 bits per heavy atom. The molecule has 1 amide bonds. The molecule has 1 saturated heterocycles. The number of ether oxygens (including phenoxy) is 1. The van der Waals surface area contributed by atoms with E-state index in [1.807, 2.05) is 31.7 Å². The van der Waals surface area contributed by atoms with E-state index >= 15 is 0 Å². The van der Waals surface area contributed by atoms with E-state index < -0.39 is 5.60 Å². The molecule has 0 aliphatic carbocycles. The Kier molecular flexibility index (Phi) is 5.51. The van der Waals surface area contributed by atoms with E-state index in [0.29, 0.717) is 11.7 Å². The fourth-order valence-corrected chi connectivity index (χ4v) is 2.70. The van der Waals surface area contributed by atoms with Gasteiger partial charge in [-0.2, -0.15) is 0 Å². The van der Waals surface area contributed by atoms with Gasteiger partial charge in [0.05, 0.1) is 6.04 Å². The smallest absolute Gasteiger partial charge is 0.410 e. The van der Waals surface area contributed by atoms with Gasteiger partial charge in [0.1, 0.15) is 10.8 Å². The highest BCUT2D eigenvalue weighted by Gasteiger charge is 2.30. The molecule has 1 fully saturated rings. The second kappa shape index (κ2) is 7.18. The number of likely N-dealkylation sites (tertiary alicyclic amines) is 1. The van der Waals surface area contributed by atoms with Crippen LogP contribution >= 0.6 is 11.6 Å². The Morgan fingerprint density at radius 3 is 2.95 bits per heavy atom. The molecule has 0 aromatic carbocycles. The van der Waals surface area contributed by atoms with Gasteiger partial charge in [-0.15, -0.1) is 0 Å². The van der Waals surface area contributed by atoms with E-state index in [9.17, 15) is 4.79 Å². The molecule has 0 radical (unpaired) electrons. The van der Waals surface area contributed by atoms with Crippen molar-refractivity contribution in [3.05, 3.63) is 23.5 Å². The third-order valence-corrected chi connectivity index (χ3v) is 3.73. The van der Waals surface area contributed by atoms with Gasteiger partial charge < -0.3 is 15.0 Å². The lowest BCUT2D eigenvalue weighted by Crippen LogP contribution is -2.48. The number of nitrogens with zero attached hydrogens (tertiary/aromatic N) is 2. The summed E-state index contributed by atoms with van der Waals surface area (Å²) in [6, 6.07) is 3.78. The lowest BCUT2D eigenvalue weighted by molar-refractivity contribution is 0.0114. The first kappa shape index (κ1) is 16.9. The molecule has 0 spiro atoms. The third-order valence-electron chi connectivity index (χ3n) is 3.52. The minimum atomic E-state index is -0.467. The summed E-state index contributed by atoms with van der Waals surface area (Å²) in [5.41, 5.74) is 0.445. The summed E-state index contributed by atoms with van der Waals surface area (Å²) in [4.78, 5) is 18.1. The van der Waals surface area contributed by atoms with Crippen molar-refractivity contribution >= 4 is 23.4 Å². The number of nitrogens with one attached hydrogen (secondary N) is 1. The average molecular weight is 326 g/mol. The van der Waals surface area contributed by atoms with Gasteiger partial charge in [0, 0.05) is 25.0 Å². The van der Waals surface area contributed by atoms with Gasteiger partial charge in [-0.25, -0.2) is 9.78 Å². The number of hydrogen-bond donors (Lipinski definition) is 1. The number of piperidine rings is 1. The number of carbonyl (C=O) groups is 1. The average Bonchev–Trinajstić information content (AvgIpc) is 2.44. The van der Waals surface area contributed by atoms with Gasteiger partial charge in [0.2, 0.25) is 0 Å². The maximum atomic E-state index is 12.3. The Labute approximate surface area is 137 Å². The van der Waals surface area contributed by atoms with Crippen LogP contribution in [0.25, 0.3) is 0 Å². The largest absolute Gasteiger partial charge is 0.444 e. The van der Waals surface area contributed by atoms with E-state index in [2.05, 4.69) is 10.3 Å². The maximum absolute atomic E-state index is 12.3. The number of aromatic nitrogens is 1. The van der Waals surface area contributed by atoms with E-state index in [1.54, 1.807) is 12.3 Å². The number of hydrogen-bond acceptors (Lipinski definition) is 4. The minimum Gasteiger partial charge on any atom is -0.444 e. The molecule has 1 aliphatic rings. The Morgan fingerprint density at radius 1 is 1.50 bits per heavy atom. The fourth-order valence-electron chi connectivity index (χ4n) is 2.52. The summed E-state index contributed by atoms with van der Waals surface area (Å²) in [7, 11) is 0. The Balaban J connectivity index is 1.96. The monoisotopic (exact) mass is 325 g/mol. The Hall–Kier alpha value is -1.49. The molecule has 1 aliphatic heterocycles. The predicted octanol–water partition coefficient (Wildman–Crippen LogP) is 3.94. The molecule has 0 saturated carbocycles. The van der Waals surface area contributed by atoms with Crippen LogP contribution in [-0.2, 0) is 4.74 Å². The Bertz CT molecular complexity index is 516. The number of amides is 1. The van der Waals surface area contributed by atoms with E-state index in [4.69, 9.17) is 16.3 Å². The predicted molar refractivity (Wildman–Crippen MR) is 88.3 cm³/mol. The molecule has 1 aromatic heterocycles. The van der Waals surface area contributed by atoms with Crippen molar-refractivity contribution in [2.24, 2.45) is 0 Å². The van der Waals surface area contributed by atoms with E-state index in [1.165, 1.54) is 0 Å². The second-order valence-electron chi connectivity index (χ2n) is 6.57. The lowest BCUT2D eigenvalue weighted by Gasteiger charge is -2.37. The van der Waals surface area contributed by atoms with Crippen LogP contribution in [0.4, 0.5) is 10.5 Å². The highest BCUT2D eigenvalue weighted by molar-refractivity contribution is 6.29. The summed E-state index contributed by atoms with van der Waals surface area (Å²) in [6.45, 7) is 7.10. The topological polar surface area (TPSA) is 54.5 Å². The summed E-state index contributed by atoms with van der Waals surface area (Å²) in [5, 5.41) is 3.79. The highest BCUT2D eigenvalue weighted by atomic mass is 35.5. The van der Waals surface area contributed by atoms with Crippen molar-refractivity contribution in [2.75, 3.05) is 18.4 Å². The zero-order valence-corrected chi connectivity index (χ0v) is 14.2. The molecule has 1 atom stereocenters. The summed E-state index contributed by atoms with van der Waals surface area (Å²) in [5.74, 6) is 0. The molecule has 1 N–H and O–H groups in total. The van der Waals surface area contributed by atoms with Crippen molar-refractivity contribution in [3.63, 3.8) is 0 Å². The van der Waals surface area contributed by atoms with E-state index in [0.717, 1.165) is 31.5 Å². The van der Waals surface area contributed by atoms with Crippen LogP contribution in [0.15, 0.2) is 18.3 Å². The van der Waals surface area contributed by atoms with Gasteiger partial charge in [-0.05, 0) is 52.2 Å². The molecule has 2 heterocycles. The van der Waals surface area contributed by atoms with Gasteiger partial charge in [0.15, 0.2) is 0 Å². The molecular formula is C16H24ClN3O2. The van der Waals surface area contributed by atoms with Crippen LogP contribution in [0.3, 0.4) is 0 Å². The number of halogens is 1. The normalized spacial score (nSPS) is 18.9. The second-order valence-corrected chi connectivity index (χ2v) is 6.96. The summed E-state index contributed by atoms with van der Waals surface area (Å²) < 4.78 is 5.51. The van der Waals surface area contributed by atoms with Crippen molar-refractivity contribution < 1.29 is 9.53 Å². The van der Waals surface area contributed by atoms with Crippen LogP contribution in [0.2, 0.25) is 5.15 Å². The molecule has 2 rings (SSSR count). The first-order valence-corrected chi connectivity index (χ1v) is 8.08. The number of pyridine rings is 1. The van der Waals surface area contributed by atoms with Crippen molar-refractivity contribution in [2.45, 2.75) is 51.7 Å². The first-order chi connectivity index (χ1) is 10.3. The number of rotatable bonds is 3. The summed E-state index contributed by atoms with van der Waals surface area (Å²) in [6.07, 6.45) is 4.56. The standard InChI is InChI=1S/C16H24ClN3O2/c1-16(2,3)22-15(21)20-9-5-4-6-13(20)11-19-12-7-8-18-14(17)10-12/h7-8,10,13H,4-6,9,11H2,1-3H3,(H,18,19). The van der Waals surface area contributed by atoms with E-state index in [-0.39, 0.29) is 12.1 Å². The molecule has 1 unspecified atom stereocenters. The summed E-state index contributed by atoms with van der Waals surface area (Å²) >= 11 is 5.88. The van der Waals surface area contributed by atoms with Crippen LogP contribution in [-0.4, -0.2) is 40.7 Å². The molecule has 0 bridgehead atoms. The molecule has 1 aromatic rings. The zero-order valence-electron chi connectivity index (χ0n) is 13.4. The van der Waals surface area contributed by atoms with Crippen LogP contribution < -0.4 is 5.32 Å². The molecule has 22 heavy (non-hydrogen) atoms. The van der Waals surface area contributed by atoms with Crippen molar-refractivity contribution in [3.8, 4) is 0 Å². The SMILES string of the molecule is CC(C)(C)OC(=O)N1CCCCC1CNc1ccnc(Cl)c1. The van der Waals surface area contributed by atoms with Gasteiger partial charge in [-0.1, -0.05) is 11.6 Å². The van der Waals surface area contributed by atoms with Crippen molar-refractivity contribution in [1.82, 2.24) is 9.88 Å². The molecular weight excluding hydrogens is 302 g/mol. The van der Waals surface area contributed by atoms with Gasteiger partial charge in [0.25, 0.3) is 0 Å². The molecule has 6 heteroatoms. The van der Waals surface area contributed by atoms with Crippen LogP contribution in [0.5, 0.6) is 0 Å². The van der Waals surface area contributed by atoms with Crippen LogP contribution in [0, 0.1) is 0 Å². The molecule has 5 nitrogen and oxygen atoms in total. The fraction of sp³-hybridized carbons (Fsp3) is 0.625. The van der Waals surface area contributed by atoms with Gasteiger partial charge >= 0.3 is 6.09 Å². The quantitative estimate of drug-likeness (QED) is 0.855. The van der Waals surface area contributed by atoms with Crippen LogP contribution in [0.1, 0.15) is 40.0 Å². The molecule has 122 valence electrons. The lowest BCUT2D eigenvalue weighted by atomic mass is 10.0. The maximum Gasteiger partial charge on any atom is 0.410 e. The number of anilines is 1. The number of carbonyl (C=O) groups excluding carboxylic acids is 1. The minimum absolute atomic E-state index is 0.135. The highest BCUT2D eigenvalue weighted by Crippen LogP contribution is 2.21. The van der Waals surface area contributed by atoms with Crippen molar-refractivity contribution in [1.29, 1.82) is 0 Å². The first-order valence-electron chi connectivity index (χ1n) is 7.70. The zero-order chi connectivity index (χ0) is 16.2.